The SMILES string of the molecule is CC1CNCC(C)N1C(=O)OCc1c(F)cc(OCc2cccs2)cc1F.O=C(O)C=CC(=O)O. The number of thiophene rings is 1. The summed E-state index contributed by atoms with van der Waals surface area (Å²) in [5.41, 5.74) is -0.290. The van der Waals surface area contributed by atoms with Gasteiger partial charge in [0.15, 0.2) is 0 Å². The number of carboxylic acid groups (broad SMARTS) is 2. The standard InChI is InChI=1S/C19H22F2N2O3S.C4H4O4/c1-12-8-22-9-13(2)23(12)19(24)26-11-16-17(20)6-14(7-18(16)21)25-10-15-4-3-5-27-15;5-3(6)1-2-4(7)8/h3-7,12-13,22H,8-11H2,1-2H3;1-2H,(H,5,6)(H,7,8). The van der Waals surface area contributed by atoms with Gasteiger partial charge in [0.25, 0.3) is 0 Å². The van der Waals surface area contributed by atoms with Gasteiger partial charge in [-0.25, -0.2) is 23.2 Å². The molecule has 2 atom stereocenters. The zero-order valence-electron chi connectivity index (χ0n) is 19.1. The first-order valence-corrected chi connectivity index (χ1v) is 11.4. The lowest BCUT2D eigenvalue weighted by Gasteiger charge is -2.38. The Labute approximate surface area is 204 Å². The second kappa shape index (κ2) is 13.4. The van der Waals surface area contributed by atoms with E-state index in [2.05, 4.69) is 5.32 Å². The lowest BCUT2D eigenvalue weighted by molar-refractivity contribution is -0.134. The molecule has 1 aliphatic heterocycles. The van der Waals surface area contributed by atoms with Crippen LogP contribution in [0.25, 0.3) is 0 Å². The Morgan fingerprint density at radius 2 is 1.66 bits per heavy atom. The minimum Gasteiger partial charge on any atom is -0.488 e. The molecule has 0 spiro atoms. The van der Waals surface area contributed by atoms with Crippen LogP contribution in [0.3, 0.4) is 0 Å². The minimum absolute atomic E-state index is 0.0519. The Hall–Kier alpha value is -3.51. The average molecular weight is 513 g/mol. The topological polar surface area (TPSA) is 125 Å². The van der Waals surface area contributed by atoms with Crippen LogP contribution in [0.1, 0.15) is 24.3 Å². The molecule has 1 amide bonds. The molecule has 0 aliphatic carbocycles. The van der Waals surface area contributed by atoms with Gasteiger partial charge in [-0.3, -0.25) is 0 Å². The van der Waals surface area contributed by atoms with Gasteiger partial charge >= 0.3 is 18.0 Å². The van der Waals surface area contributed by atoms with Crippen LogP contribution in [0, 0.1) is 11.6 Å². The molecule has 2 heterocycles. The third-order valence-corrected chi connectivity index (χ3v) is 5.67. The van der Waals surface area contributed by atoms with Gasteiger partial charge in [-0.1, -0.05) is 6.07 Å². The predicted octanol–water partition coefficient (Wildman–Crippen LogP) is 3.64. The van der Waals surface area contributed by atoms with Crippen molar-refractivity contribution in [2.45, 2.75) is 39.1 Å². The van der Waals surface area contributed by atoms with Crippen molar-refractivity contribution in [2.24, 2.45) is 0 Å². The zero-order valence-corrected chi connectivity index (χ0v) is 19.9. The van der Waals surface area contributed by atoms with Crippen LogP contribution in [-0.2, 0) is 27.5 Å². The van der Waals surface area contributed by atoms with E-state index in [0.717, 1.165) is 17.0 Å². The number of piperazine rings is 1. The fourth-order valence-electron chi connectivity index (χ4n) is 3.19. The van der Waals surface area contributed by atoms with Gasteiger partial charge in [-0.05, 0) is 25.3 Å². The summed E-state index contributed by atoms with van der Waals surface area (Å²) >= 11 is 1.50. The van der Waals surface area contributed by atoms with Gasteiger partial charge in [0.2, 0.25) is 0 Å². The highest BCUT2D eigenvalue weighted by molar-refractivity contribution is 7.09. The molecule has 35 heavy (non-hydrogen) atoms. The van der Waals surface area contributed by atoms with E-state index in [1.165, 1.54) is 11.3 Å². The summed E-state index contributed by atoms with van der Waals surface area (Å²) in [4.78, 5) is 34.0. The van der Waals surface area contributed by atoms with Crippen LogP contribution in [0.5, 0.6) is 5.75 Å². The molecule has 1 aromatic heterocycles. The number of aliphatic carboxylic acids is 2. The predicted molar refractivity (Wildman–Crippen MR) is 123 cm³/mol. The smallest absolute Gasteiger partial charge is 0.410 e. The normalized spacial score (nSPS) is 17.4. The molecular formula is C23H26F2N2O7S. The van der Waals surface area contributed by atoms with Gasteiger partial charge in [-0.15, -0.1) is 11.3 Å². The number of carboxylic acids is 2. The molecular weight excluding hydrogens is 486 g/mol. The highest BCUT2D eigenvalue weighted by Crippen LogP contribution is 2.23. The van der Waals surface area contributed by atoms with E-state index in [4.69, 9.17) is 19.7 Å². The Balaban J connectivity index is 0.000000466. The second-order valence-corrected chi connectivity index (χ2v) is 8.59. The summed E-state index contributed by atoms with van der Waals surface area (Å²) in [6, 6.07) is 5.87. The van der Waals surface area contributed by atoms with Crippen molar-refractivity contribution in [1.29, 1.82) is 0 Å². The van der Waals surface area contributed by atoms with Gasteiger partial charge in [0.1, 0.15) is 30.6 Å². The molecule has 12 heteroatoms. The van der Waals surface area contributed by atoms with Crippen LogP contribution < -0.4 is 10.1 Å². The third-order valence-electron chi connectivity index (χ3n) is 4.82. The summed E-state index contributed by atoms with van der Waals surface area (Å²) in [5.74, 6) is -4.02. The highest BCUT2D eigenvalue weighted by atomic mass is 32.1. The number of amides is 1. The van der Waals surface area contributed by atoms with E-state index in [9.17, 15) is 23.2 Å². The average Bonchev–Trinajstić information content (AvgIpc) is 3.30. The Bertz CT molecular complexity index is 997. The Morgan fingerprint density at radius 3 is 2.14 bits per heavy atom. The number of rotatable bonds is 7. The highest BCUT2D eigenvalue weighted by Gasteiger charge is 2.30. The number of carbonyl (C=O) groups excluding carboxylic acids is 1. The van der Waals surface area contributed by atoms with Gasteiger partial charge in [-0.2, -0.15) is 0 Å². The molecule has 0 saturated carbocycles. The summed E-state index contributed by atoms with van der Waals surface area (Å²) in [6.07, 6.45) is 0.540. The molecule has 1 aliphatic rings. The van der Waals surface area contributed by atoms with Crippen LogP contribution >= 0.6 is 11.3 Å². The third kappa shape index (κ3) is 8.98. The van der Waals surface area contributed by atoms with Crippen LogP contribution in [0.15, 0.2) is 41.8 Å². The molecule has 1 fully saturated rings. The van der Waals surface area contributed by atoms with E-state index in [1.807, 2.05) is 31.4 Å². The molecule has 2 aromatic rings. The zero-order chi connectivity index (χ0) is 26.0. The van der Waals surface area contributed by atoms with Crippen molar-refractivity contribution in [3.8, 4) is 5.75 Å². The number of hydrogen-bond acceptors (Lipinski definition) is 7. The Morgan fingerprint density at radius 1 is 1.09 bits per heavy atom. The van der Waals surface area contributed by atoms with Crippen LogP contribution in [-0.4, -0.2) is 58.3 Å². The van der Waals surface area contributed by atoms with Crippen molar-refractivity contribution in [2.75, 3.05) is 13.1 Å². The molecule has 1 aromatic carbocycles. The first kappa shape index (κ1) is 27.7. The molecule has 0 bridgehead atoms. The van der Waals surface area contributed by atoms with Crippen molar-refractivity contribution >= 4 is 29.4 Å². The van der Waals surface area contributed by atoms with Crippen molar-refractivity contribution < 1.29 is 42.9 Å². The van der Waals surface area contributed by atoms with E-state index < -0.39 is 36.3 Å². The molecule has 1 saturated heterocycles. The maximum Gasteiger partial charge on any atom is 0.410 e. The Kier molecular flexibility index (Phi) is 10.6. The lowest BCUT2D eigenvalue weighted by Crippen LogP contribution is -2.57. The first-order chi connectivity index (χ1) is 16.6. The molecule has 3 N–H and O–H groups in total. The molecule has 3 rings (SSSR count). The molecule has 2 unspecified atom stereocenters. The minimum atomic E-state index is -1.26. The number of nitrogens with zero attached hydrogens (tertiary/aromatic N) is 1. The first-order valence-electron chi connectivity index (χ1n) is 10.5. The number of benzene rings is 1. The molecule has 190 valence electrons. The second-order valence-electron chi connectivity index (χ2n) is 7.56. The summed E-state index contributed by atoms with van der Waals surface area (Å²) in [7, 11) is 0. The summed E-state index contributed by atoms with van der Waals surface area (Å²) < 4.78 is 39.2. The number of carbonyl (C=O) groups is 3. The fourth-order valence-corrected chi connectivity index (χ4v) is 3.81. The monoisotopic (exact) mass is 512 g/mol. The maximum absolute atomic E-state index is 14.3. The number of nitrogens with one attached hydrogen (secondary N) is 1. The van der Waals surface area contributed by atoms with Crippen LogP contribution in [0.2, 0.25) is 0 Å². The van der Waals surface area contributed by atoms with E-state index in [0.29, 0.717) is 25.2 Å². The van der Waals surface area contributed by atoms with E-state index in [1.54, 1.807) is 4.90 Å². The largest absolute Gasteiger partial charge is 0.488 e. The summed E-state index contributed by atoms with van der Waals surface area (Å²) in [5, 5.41) is 20.7. The van der Waals surface area contributed by atoms with Crippen LogP contribution in [0.4, 0.5) is 13.6 Å². The number of hydrogen-bond donors (Lipinski definition) is 3. The van der Waals surface area contributed by atoms with E-state index in [-0.39, 0.29) is 30.0 Å². The maximum atomic E-state index is 14.3. The lowest BCUT2D eigenvalue weighted by atomic mass is 10.1. The van der Waals surface area contributed by atoms with Gasteiger partial charge < -0.3 is 29.9 Å². The summed E-state index contributed by atoms with van der Waals surface area (Å²) in [6.45, 7) is 4.86. The quantitative estimate of drug-likeness (QED) is 0.481. The molecule has 9 nitrogen and oxygen atoms in total. The number of ether oxygens (including phenoxy) is 2. The van der Waals surface area contributed by atoms with Gasteiger partial charge in [0.05, 0.1) is 5.56 Å². The van der Waals surface area contributed by atoms with Crippen molar-refractivity contribution in [3.05, 3.63) is 63.9 Å². The number of halogens is 2. The van der Waals surface area contributed by atoms with Crippen molar-refractivity contribution in [1.82, 2.24) is 10.2 Å². The fraction of sp³-hybridized carbons (Fsp3) is 0.348. The van der Waals surface area contributed by atoms with E-state index >= 15 is 0 Å². The van der Waals surface area contributed by atoms with Gasteiger partial charge in [0, 0.05) is 54.3 Å². The molecule has 0 radical (unpaired) electrons. The van der Waals surface area contributed by atoms with Crippen molar-refractivity contribution in [3.63, 3.8) is 0 Å².